The van der Waals surface area contributed by atoms with Crippen LogP contribution in [0, 0.1) is 19.8 Å². The summed E-state index contributed by atoms with van der Waals surface area (Å²) in [6, 6.07) is 3.41. The molecule has 21 heavy (non-hydrogen) atoms. The van der Waals surface area contributed by atoms with Gasteiger partial charge in [0, 0.05) is 20.2 Å². The lowest BCUT2D eigenvalue weighted by atomic mass is 10.1. The van der Waals surface area contributed by atoms with E-state index in [1.165, 1.54) is 4.31 Å². The average molecular weight is 313 g/mol. The fourth-order valence-corrected chi connectivity index (χ4v) is 4.66. The molecule has 0 saturated carbocycles. The molecule has 1 aliphatic heterocycles. The Kier molecular flexibility index (Phi) is 5.03. The van der Waals surface area contributed by atoms with Crippen LogP contribution in [0.2, 0.25) is 0 Å². The third-order valence-corrected chi connectivity index (χ3v) is 6.12. The van der Waals surface area contributed by atoms with Crippen LogP contribution in [0.4, 0.5) is 0 Å². The Bertz CT molecular complexity index is 612. The molecule has 1 heterocycles. The Morgan fingerprint density at radius 1 is 1.38 bits per heavy atom. The van der Waals surface area contributed by atoms with Gasteiger partial charge >= 0.3 is 0 Å². The minimum Gasteiger partial charge on any atom is -0.392 e. The van der Waals surface area contributed by atoms with Crippen molar-refractivity contribution in [3.05, 3.63) is 28.8 Å². The number of aliphatic hydroxyl groups excluding tert-OH is 1. The van der Waals surface area contributed by atoms with Crippen LogP contribution in [0.3, 0.4) is 0 Å². The number of aryl methyl sites for hydroxylation is 1. The number of methoxy groups -OCH3 is 1. The Balaban J connectivity index is 2.34. The van der Waals surface area contributed by atoms with Gasteiger partial charge in [0.1, 0.15) is 0 Å². The number of ether oxygens (including phenoxy) is 1. The fraction of sp³-hybridized carbons (Fsp3) is 0.600. The van der Waals surface area contributed by atoms with Crippen LogP contribution >= 0.6 is 0 Å². The molecule has 2 rings (SSSR count). The second-order valence-corrected chi connectivity index (χ2v) is 7.57. The van der Waals surface area contributed by atoms with E-state index in [-0.39, 0.29) is 12.5 Å². The number of aliphatic hydroxyl groups is 1. The summed E-state index contributed by atoms with van der Waals surface area (Å²) in [4.78, 5) is 0.310. The first-order valence-electron chi connectivity index (χ1n) is 7.10. The van der Waals surface area contributed by atoms with E-state index in [1.807, 2.05) is 19.9 Å². The van der Waals surface area contributed by atoms with Crippen LogP contribution in [0.15, 0.2) is 17.0 Å². The third kappa shape index (κ3) is 3.29. The van der Waals surface area contributed by atoms with Gasteiger partial charge in [0.15, 0.2) is 0 Å². The van der Waals surface area contributed by atoms with Crippen molar-refractivity contribution < 1.29 is 18.3 Å². The average Bonchev–Trinajstić information content (AvgIpc) is 2.91. The van der Waals surface area contributed by atoms with Gasteiger partial charge in [-0.15, -0.1) is 0 Å². The van der Waals surface area contributed by atoms with E-state index in [4.69, 9.17) is 4.74 Å². The molecule has 1 unspecified atom stereocenters. The van der Waals surface area contributed by atoms with Crippen LogP contribution in [0.1, 0.15) is 23.1 Å². The molecular weight excluding hydrogens is 290 g/mol. The molecule has 0 spiro atoms. The molecule has 0 amide bonds. The van der Waals surface area contributed by atoms with Gasteiger partial charge in [0.2, 0.25) is 10.0 Å². The van der Waals surface area contributed by atoms with Crippen LogP contribution < -0.4 is 0 Å². The van der Waals surface area contributed by atoms with Crippen molar-refractivity contribution in [2.45, 2.75) is 31.8 Å². The van der Waals surface area contributed by atoms with Crippen molar-refractivity contribution in [1.82, 2.24) is 4.31 Å². The van der Waals surface area contributed by atoms with E-state index >= 15 is 0 Å². The monoisotopic (exact) mass is 313 g/mol. The van der Waals surface area contributed by atoms with Crippen LogP contribution in [0.5, 0.6) is 0 Å². The molecule has 6 heteroatoms. The smallest absolute Gasteiger partial charge is 0.243 e. The standard InChI is InChI=1S/C15H23NO4S/c1-11-6-14(9-17)7-15(12(11)2)21(18,19)16-5-4-13(8-16)10-20-3/h6-7,13,17H,4-5,8-10H2,1-3H3. The summed E-state index contributed by atoms with van der Waals surface area (Å²) in [7, 11) is -1.87. The van der Waals surface area contributed by atoms with Crippen molar-refractivity contribution in [2.75, 3.05) is 26.8 Å². The summed E-state index contributed by atoms with van der Waals surface area (Å²) in [6.45, 7) is 5.13. The Morgan fingerprint density at radius 3 is 2.71 bits per heavy atom. The molecule has 1 fully saturated rings. The van der Waals surface area contributed by atoms with Crippen molar-refractivity contribution in [3.8, 4) is 0 Å². The molecule has 118 valence electrons. The Labute approximate surface area is 126 Å². The van der Waals surface area contributed by atoms with E-state index in [0.29, 0.717) is 30.2 Å². The zero-order chi connectivity index (χ0) is 15.6. The Hall–Kier alpha value is -0.950. The van der Waals surface area contributed by atoms with Crippen molar-refractivity contribution in [2.24, 2.45) is 5.92 Å². The van der Waals surface area contributed by atoms with Gasteiger partial charge in [0.25, 0.3) is 0 Å². The van der Waals surface area contributed by atoms with Gasteiger partial charge in [-0.1, -0.05) is 6.07 Å². The van der Waals surface area contributed by atoms with Crippen molar-refractivity contribution in [3.63, 3.8) is 0 Å². The predicted octanol–water partition coefficient (Wildman–Crippen LogP) is 1.45. The molecule has 1 aromatic rings. The molecule has 1 saturated heterocycles. The Morgan fingerprint density at radius 2 is 2.10 bits per heavy atom. The summed E-state index contributed by atoms with van der Waals surface area (Å²) in [5.74, 6) is 0.257. The molecule has 0 aromatic heterocycles. The SMILES string of the molecule is COCC1CCN(S(=O)(=O)c2cc(CO)cc(C)c2C)C1. The van der Waals surface area contributed by atoms with Gasteiger partial charge in [-0.2, -0.15) is 4.31 Å². The summed E-state index contributed by atoms with van der Waals surface area (Å²) in [6.07, 6.45) is 0.824. The zero-order valence-electron chi connectivity index (χ0n) is 12.8. The summed E-state index contributed by atoms with van der Waals surface area (Å²) < 4.78 is 32.3. The lowest BCUT2D eigenvalue weighted by Gasteiger charge is -2.19. The van der Waals surface area contributed by atoms with E-state index < -0.39 is 10.0 Å². The largest absolute Gasteiger partial charge is 0.392 e. The highest BCUT2D eigenvalue weighted by molar-refractivity contribution is 7.89. The lowest BCUT2D eigenvalue weighted by Crippen LogP contribution is -2.30. The number of hydrogen-bond acceptors (Lipinski definition) is 4. The van der Waals surface area contributed by atoms with Gasteiger partial charge in [-0.05, 0) is 48.9 Å². The molecule has 1 atom stereocenters. The van der Waals surface area contributed by atoms with Crippen LogP contribution in [-0.4, -0.2) is 44.6 Å². The van der Waals surface area contributed by atoms with Gasteiger partial charge < -0.3 is 9.84 Å². The maximum atomic E-state index is 12.8. The van der Waals surface area contributed by atoms with E-state index in [1.54, 1.807) is 13.2 Å². The summed E-state index contributed by atoms with van der Waals surface area (Å²) >= 11 is 0. The van der Waals surface area contributed by atoms with Crippen molar-refractivity contribution >= 4 is 10.0 Å². The van der Waals surface area contributed by atoms with E-state index in [9.17, 15) is 13.5 Å². The van der Waals surface area contributed by atoms with E-state index in [0.717, 1.165) is 17.5 Å². The highest BCUT2D eigenvalue weighted by atomic mass is 32.2. The summed E-state index contributed by atoms with van der Waals surface area (Å²) in [5, 5.41) is 9.30. The maximum absolute atomic E-state index is 12.8. The highest BCUT2D eigenvalue weighted by Crippen LogP contribution is 2.28. The number of benzene rings is 1. The van der Waals surface area contributed by atoms with Crippen LogP contribution in [-0.2, 0) is 21.4 Å². The quantitative estimate of drug-likeness (QED) is 0.893. The first kappa shape index (κ1) is 16.4. The topological polar surface area (TPSA) is 66.8 Å². The summed E-state index contributed by atoms with van der Waals surface area (Å²) in [5.41, 5.74) is 2.26. The first-order chi connectivity index (χ1) is 9.90. The normalized spacial score (nSPS) is 20.1. The first-order valence-corrected chi connectivity index (χ1v) is 8.54. The highest BCUT2D eigenvalue weighted by Gasteiger charge is 2.33. The molecule has 0 aliphatic carbocycles. The molecular formula is C15H23NO4S. The van der Waals surface area contributed by atoms with Gasteiger partial charge in [-0.25, -0.2) is 8.42 Å². The second-order valence-electron chi connectivity index (χ2n) is 5.67. The number of sulfonamides is 1. The molecule has 1 aliphatic rings. The lowest BCUT2D eigenvalue weighted by molar-refractivity contribution is 0.157. The number of rotatable bonds is 5. The van der Waals surface area contributed by atoms with E-state index in [2.05, 4.69) is 0 Å². The van der Waals surface area contributed by atoms with Gasteiger partial charge in [-0.3, -0.25) is 0 Å². The zero-order valence-corrected chi connectivity index (χ0v) is 13.6. The molecule has 1 aromatic carbocycles. The fourth-order valence-electron chi connectivity index (χ4n) is 2.78. The minimum atomic E-state index is -3.51. The van der Waals surface area contributed by atoms with Gasteiger partial charge in [0.05, 0.1) is 18.1 Å². The number of nitrogens with zero attached hydrogens (tertiary/aromatic N) is 1. The van der Waals surface area contributed by atoms with Crippen molar-refractivity contribution in [1.29, 1.82) is 0 Å². The van der Waals surface area contributed by atoms with Crippen LogP contribution in [0.25, 0.3) is 0 Å². The molecule has 5 nitrogen and oxygen atoms in total. The minimum absolute atomic E-state index is 0.157. The maximum Gasteiger partial charge on any atom is 0.243 e. The third-order valence-electron chi connectivity index (χ3n) is 4.13. The molecule has 0 bridgehead atoms. The number of hydrogen-bond donors (Lipinski definition) is 1. The molecule has 0 radical (unpaired) electrons. The second kappa shape index (κ2) is 6.44. The predicted molar refractivity (Wildman–Crippen MR) is 80.6 cm³/mol. The molecule has 1 N–H and O–H groups in total.